The zero-order valence-electron chi connectivity index (χ0n) is 13.4. The largest absolute Gasteiger partial charge is 0.438 e. The lowest BCUT2D eigenvalue weighted by atomic mass is 9.99. The molecule has 0 saturated carbocycles. The monoisotopic (exact) mass is 359 g/mol. The number of halogens is 3. The molecular weight excluding hydrogens is 343 g/mol. The highest BCUT2D eigenvalue weighted by Crippen LogP contribution is 2.41. The maximum Gasteiger partial charge on any atom is 0.438 e. The Balaban J connectivity index is 2.38. The summed E-state index contributed by atoms with van der Waals surface area (Å²) in [5.41, 5.74) is -3.93. The van der Waals surface area contributed by atoms with Crippen molar-refractivity contribution in [3.8, 4) is 0 Å². The Labute approximate surface area is 140 Å². The minimum atomic E-state index is -5.11. The number of benzene rings is 1. The molecule has 1 aliphatic rings. The number of carbonyl (C=O) groups excluding carboxylic acids is 1. The Morgan fingerprint density at radius 2 is 1.96 bits per heavy atom. The Morgan fingerprint density at radius 3 is 2.40 bits per heavy atom. The molecule has 1 amide bonds. The molecule has 1 aliphatic heterocycles. The Bertz CT molecular complexity index is 716. The lowest BCUT2D eigenvalue weighted by molar-refractivity contribution is -0.384. The first-order chi connectivity index (χ1) is 11.5. The number of hydrogen-bond acceptors (Lipinski definition) is 5. The van der Waals surface area contributed by atoms with Crippen molar-refractivity contribution in [3.05, 3.63) is 39.9 Å². The molecule has 0 aliphatic carbocycles. The second-order valence-corrected chi connectivity index (χ2v) is 6.18. The van der Waals surface area contributed by atoms with Gasteiger partial charge < -0.3 is 5.11 Å². The van der Waals surface area contributed by atoms with Crippen molar-refractivity contribution in [3.63, 3.8) is 0 Å². The molecule has 1 aromatic carbocycles. The van der Waals surface area contributed by atoms with Crippen LogP contribution in [-0.2, 0) is 0 Å². The number of nitro groups is 1. The van der Waals surface area contributed by atoms with Crippen LogP contribution in [0, 0.1) is 16.0 Å². The molecule has 0 spiro atoms. The average Bonchev–Trinajstić information content (AvgIpc) is 2.83. The van der Waals surface area contributed by atoms with Crippen molar-refractivity contribution in [2.45, 2.75) is 38.6 Å². The first-order valence-corrected chi connectivity index (χ1v) is 7.40. The minimum Gasteiger partial charge on any atom is -0.362 e. The number of nitro benzene ring substituents is 1. The number of amides is 1. The number of hydrazone groups is 1. The first-order valence-electron chi connectivity index (χ1n) is 7.40. The molecule has 0 fully saturated rings. The standard InChI is InChI=1S/C15H16F3N3O4/c1-9(2)7-11-8-14(23,15(16,17)18)20(19-11)13(22)10-3-5-12(6-4-10)21(24)25/h3-6,9,23H,7-8H2,1-2H3/t14-/m0/s1. The molecule has 25 heavy (non-hydrogen) atoms. The van der Waals surface area contributed by atoms with Gasteiger partial charge in [0.05, 0.1) is 4.92 Å². The summed E-state index contributed by atoms with van der Waals surface area (Å²) in [4.78, 5) is 22.3. The van der Waals surface area contributed by atoms with E-state index in [2.05, 4.69) is 5.10 Å². The normalized spacial score (nSPS) is 20.8. The molecule has 136 valence electrons. The maximum absolute atomic E-state index is 13.3. The first kappa shape index (κ1) is 18.8. The van der Waals surface area contributed by atoms with Crippen LogP contribution in [0.1, 0.15) is 37.0 Å². The molecule has 2 rings (SSSR count). The van der Waals surface area contributed by atoms with E-state index in [-0.39, 0.29) is 34.3 Å². The van der Waals surface area contributed by atoms with Crippen molar-refractivity contribution in [2.24, 2.45) is 11.0 Å². The Morgan fingerprint density at radius 1 is 1.40 bits per heavy atom. The highest BCUT2D eigenvalue weighted by Gasteiger charge is 2.63. The molecule has 0 radical (unpaired) electrons. The quantitative estimate of drug-likeness (QED) is 0.660. The molecule has 1 atom stereocenters. The van der Waals surface area contributed by atoms with Gasteiger partial charge in [-0.3, -0.25) is 14.9 Å². The van der Waals surface area contributed by atoms with Crippen LogP contribution in [0.15, 0.2) is 29.4 Å². The third-order valence-electron chi connectivity index (χ3n) is 3.66. The van der Waals surface area contributed by atoms with Crippen LogP contribution in [0.4, 0.5) is 18.9 Å². The Kier molecular flexibility index (Phi) is 4.85. The van der Waals surface area contributed by atoms with Crippen molar-refractivity contribution in [1.29, 1.82) is 0 Å². The highest BCUT2D eigenvalue weighted by atomic mass is 19.4. The van der Waals surface area contributed by atoms with E-state index in [1.807, 2.05) is 0 Å². The zero-order chi connectivity index (χ0) is 19.0. The third kappa shape index (κ3) is 3.63. The van der Waals surface area contributed by atoms with Crippen LogP contribution in [0.2, 0.25) is 0 Å². The topological polar surface area (TPSA) is 96.0 Å². The second kappa shape index (κ2) is 6.43. The van der Waals surface area contributed by atoms with Gasteiger partial charge in [-0.25, -0.2) is 0 Å². The van der Waals surface area contributed by atoms with Gasteiger partial charge in [-0.1, -0.05) is 13.8 Å². The number of aliphatic hydroxyl groups is 1. The minimum absolute atomic E-state index is 0.00865. The zero-order valence-corrected chi connectivity index (χ0v) is 13.4. The molecule has 0 unspecified atom stereocenters. The van der Waals surface area contributed by atoms with Gasteiger partial charge in [-0.05, 0) is 24.5 Å². The summed E-state index contributed by atoms with van der Waals surface area (Å²) in [5.74, 6) is -1.20. The fourth-order valence-corrected chi connectivity index (χ4v) is 2.48. The van der Waals surface area contributed by atoms with Crippen LogP contribution in [0.25, 0.3) is 0 Å². The molecule has 1 heterocycles. The van der Waals surface area contributed by atoms with Crippen LogP contribution >= 0.6 is 0 Å². The van der Waals surface area contributed by atoms with Crippen molar-refractivity contribution in [1.82, 2.24) is 5.01 Å². The Hall–Kier alpha value is -2.49. The van der Waals surface area contributed by atoms with Crippen LogP contribution in [0.5, 0.6) is 0 Å². The predicted octanol–water partition coefficient (Wildman–Crippen LogP) is 3.09. The van der Waals surface area contributed by atoms with E-state index in [0.29, 0.717) is 0 Å². The average molecular weight is 359 g/mol. The van der Waals surface area contributed by atoms with E-state index in [0.717, 1.165) is 24.3 Å². The molecule has 1 aromatic rings. The van der Waals surface area contributed by atoms with Gasteiger partial charge in [-0.2, -0.15) is 23.3 Å². The number of nitrogens with zero attached hydrogens (tertiary/aromatic N) is 3. The summed E-state index contributed by atoms with van der Waals surface area (Å²) < 4.78 is 40.0. The van der Waals surface area contributed by atoms with Crippen molar-refractivity contribution in [2.75, 3.05) is 0 Å². The second-order valence-electron chi connectivity index (χ2n) is 6.18. The lowest BCUT2D eigenvalue weighted by Gasteiger charge is -2.32. The maximum atomic E-state index is 13.3. The van der Waals surface area contributed by atoms with E-state index in [9.17, 15) is 33.2 Å². The SMILES string of the molecule is CC(C)CC1=NN(C(=O)c2ccc([N+](=O)[O-])cc2)[C@@](O)(C(F)(F)F)C1. The van der Waals surface area contributed by atoms with Gasteiger partial charge in [0.25, 0.3) is 17.3 Å². The van der Waals surface area contributed by atoms with Gasteiger partial charge in [0.15, 0.2) is 0 Å². The van der Waals surface area contributed by atoms with Gasteiger partial charge >= 0.3 is 6.18 Å². The van der Waals surface area contributed by atoms with Crippen molar-refractivity contribution >= 4 is 17.3 Å². The van der Waals surface area contributed by atoms with Crippen LogP contribution < -0.4 is 0 Å². The van der Waals surface area contributed by atoms with E-state index >= 15 is 0 Å². The molecular formula is C15H16F3N3O4. The van der Waals surface area contributed by atoms with Crippen molar-refractivity contribution < 1.29 is 28.0 Å². The van der Waals surface area contributed by atoms with Gasteiger partial charge in [-0.15, -0.1) is 0 Å². The molecule has 10 heteroatoms. The van der Waals surface area contributed by atoms with E-state index in [1.54, 1.807) is 13.8 Å². The smallest absolute Gasteiger partial charge is 0.362 e. The molecule has 1 N–H and O–H groups in total. The number of hydrogen-bond donors (Lipinski definition) is 1. The number of rotatable bonds is 4. The summed E-state index contributed by atoms with van der Waals surface area (Å²) in [7, 11) is 0. The van der Waals surface area contributed by atoms with E-state index < -0.39 is 29.2 Å². The molecule has 7 nitrogen and oxygen atoms in total. The predicted molar refractivity (Wildman–Crippen MR) is 81.8 cm³/mol. The molecule has 0 bridgehead atoms. The van der Waals surface area contributed by atoms with Crippen LogP contribution in [0.3, 0.4) is 0 Å². The number of non-ortho nitro benzene ring substituents is 1. The summed E-state index contributed by atoms with van der Waals surface area (Å²) in [6, 6.07) is 4.03. The highest BCUT2D eigenvalue weighted by molar-refractivity contribution is 5.98. The van der Waals surface area contributed by atoms with Gasteiger partial charge in [0, 0.05) is 29.8 Å². The fraction of sp³-hybridized carbons (Fsp3) is 0.467. The van der Waals surface area contributed by atoms with E-state index in [1.165, 1.54) is 0 Å². The van der Waals surface area contributed by atoms with Gasteiger partial charge in [0.1, 0.15) is 0 Å². The lowest BCUT2D eigenvalue weighted by Crippen LogP contribution is -2.56. The summed E-state index contributed by atoms with van der Waals surface area (Å²) in [6.07, 6.45) is -5.73. The molecule has 0 saturated heterocycles. The number of carbonyl (C=O) groups is 1. The fourth-order valence-electron chi connectivity index (χ4n) is 2.48. The van der Waals surface area contributed by atoms with Gasteiger partial charge in [0.2, 0.25) is 0 Å². The van der Waals surface area contributed by atoms with E-state index in [4.69, 9.17) is 0 Å². The molecule has 0 aromatic heterocycles. The summed E-state index contributed by atoms with van der Waals surface area (Å²) in [5, 5.41) is 24.4. The van der Waals surface area contributed by atoms with Crippen LogP contribution in [-0.4, -0.2) is 38.6 Å². The third-order valence-corrected chi connectivity index (χ3v) is 3.66. The number of alkyl halides is 3. The summed E-state index contributed by atoms with van der Waals surface area (Å²) >= 11 is 0. The summed E-state index contributed by atoms with van der Waals surface area (Å²) in [6.45, 7) is 3.55.